The van der Waals surface area contributed by atoms with Crippen molar-refractivity contribution in [2.24, 2.45) is 0 Å². The molecule has 0 N–H and O–H groups in total. The molecule has 0 saturated carbocycles. The van der Waals surface area contributed by atoms with Crippen LogP contribution in [0.25, 0.3) is 64.3 Å². The zero-order chi connectivity index (χ0) is 51.2. The van der Waals surface area contributed by atoms with Crippen molar-refractivity contribution in [2.75, 3.05) is 9.80 Å². The molecule has 0 fully saturated rings. The molecule has 1 aromatic heterocycles. The summed E-state index contributed by atoms with van der Waals surface area (Å²) in [5.74, 6) is 0. The fourth-order valence-electron chi connectivity index (χ4n) is 13.3. The molecule has 1 heterocycles. The van der Waals surface area contributed by atoms with Crippen molar-refractivity contribution < 1.29 is 0 Å². The maximum absolute atomic E-state index is 2.52. The van der Waals surface area contributed by atoms with Crippen LogP contribution < -0.4 is 9.80 Å². The van der Waals surface area contributed by atoms with Crippen LogP contribution in [0.2, 0.25) is 0 Å². The molecule has 0 saturated heterocycles. The largest absolute Gasteiger partial charge is 0.310 e. The molecule has 0 amide bonds. The van der Waals surface area contributed by atoms with Crippen molar-refractivity contribution in [2.45, 2.75) is 24.7 Å². The molecular formula is C74H52N2S. The number of thiophene rings is 1. The van der Waals surface area contributed by atoms with Gasteiger partial charge in [0.1, 0.15) is 0 Å². The van der Waals surface area contributed by atoms with Gasteiger partial charge in [0.05, 0.1) is 5.41 Å². The quantitative estimate of drug-likeness (QED) is 0.142. The highest BCUT2D eigenvalue weighted by molar-refractivity contribution is 7.25. The summed E-state index contributed by atoms with van der Waals surface area (Å²) in [5, 5.41) is 5.16. The van der Waals surface area contributed by atoms with Crippen molar-refractivity contribution in [3.8, 4) is 33.4 Å². The lowest BCUT2D eigenvalue weighted by Gasteiger charge is -2.35. The Morgan fingerprint density at radius 1 is 0.299 bits per heavy atom. The second kappa shape index (κ2) is 17.7. The normalized spacial score (nSPS) is 13.5. The van der Waals surface area contributed by atoms with Gasteiger partial charge in [-0.25, -0.2) is 0 Å². The number of rotatable bonds is 9. The first kappa shape index (κ1) is 45.1. The maximum Gasteiger partial charge on any atom is 0.0714 e. The Hall–Kier alpha value is -9.28. The summed E-state index contributed by atoms with van der Waals surface area (Å²) in [6.45, 7) is 4.82. The number of nitrogens with zero attached hydrogens (tertiary/aromatic N) is 2. The lowest BCUT2D eigenvalue weighted by molar-refractivity contribution is 0.666. The average Bonchev–Trinajstić information content (AvgIpc) is 4.18. The van der Waals surface area contributed by atoms with Gasteiger partial charge in [-0.3, -0.25) is 0 Å². The molecule has 3 heteroatoms. The smallest absolute Gasteiger partial charge is 0.0714 e. The molecule has 15 rings (SSSR count). The minimum Gasteiger partial charge on any atom is -0.310 e. The topological polar surface area (TPSA) is 6.48 Å². The number of anilines is 6. The van der Waals surface area contributed by atoms with E-state index in [-0.39, 0.29) is 5.41 Å². The van der Waals surface area contributed by atoms with Gasteiger partial charge in [0, 0.05) is 59.7 Å². The predicted molar refractivity (Wildman–Crippen MR) is 327 cm³/mol. The Labute approximate surface area is 454 Å². The van der Waals surface area contributed by atoms with Gasteiger partial charge in [-0.15, -0.1) is 11.3 Å². The van der Waals surface area contributed by atoms with Crippen LogP contribution in [-0.4, -0.2) is 0 Å². The molecule has 2 aliphatic rings. The van der Waals surface area contributed by atoms with Gasteiger partial charge < -0.3 is 9.80 Å². The van der Waals surface area contributed by atoms with E-state index in [1.54, 1.807) is 0 Å². The van der Waals surface area contributed by atoms with E-state index in [9.17, 15) is 0 Å². The number of fused-ring (bicyclic) bond motifs is 11. The number of para-hydroxylation sites is 2. The van der Waals surface area contributed by atoms with Gasteiger partial charge >= 0.3 is 0 Å². The first-order valence-corrected chi connectivity index (χ1v) is 27.5. The molecule has 2 nitrogen and oxygen atoms in total. The van der Waals surface area contributed by atoms with Crippen LogP contribution in [0, 0.1) is 0 Å². The SMILES string of the molecule is CC1(C)c2cc(-c3cc(N(c4ccccc4)c4ccccc4)cc(N(c4ccc5c(c4)C(c4ccccc4)(c4ccccc4)c4ccccc4-5)c4ccc5c(c4)sc4ccccc45)c3)ccc2-c2ccc3ccccc3c21. The molecule has 77 heavy (non-hydrogen) atoms. The van der Waals surface area contributed by atoms with Crippen molar-refractivity contribution in [3.05, 3.63) is 312 Å². The monoisotopic (exact) mass is 1000 g/mol. The third-order valence-electron chi connectivity index (χ3n) is 16.6. The number of benzene rings is 12. The first-order chi connectivity index (χ1) is 37.9. The summed E-state index contributed by atoms with van der Waals surface area (Å²) in [5.41, 5.74) is 20.9. The highest BCUT2D eigenvalue weighted by atomic mass is 32.1. The van der Waals surface area contributed by atoms with Gasteiger partial charge in [-0.2, -0.15) is 0 Å². The fraction of sp³-hybridized carbons (Fsp3) is 0.0541. The van der Waals surface area contributed by atoms with Crippen molar-refractivity contribution >= 4 is 76.4 Å². The number of hydrogen-bond acceptors (Lipinski definition) is 3. The molecule has 2 aliphatic carbocycles. The van der Waals surface area contributed by atoms with Gasteiger partial charge in [-0.1, -0.05) is 214 Å². The van der Waals surface area contributed by atoms with E-state index in [4.69, 9.17) is 0 Å². The van der Waals surface area contributed by atoms with Gasteiger partial charge in [0.2, 0.25) is 0 Å². The molecular weight excluding hydrogens is 949 g/mol. The van der Waals surface area contributed by atoms with E-state index in [1.165, 1.54) is 92.1 Å². The molecule has 0 radical (unpaired) electrons. The van der Waals surface area contributed by atoms with E-state index in [0.717, 1.165) is 39.7 Å². The summed E-state index contributed by atoms with van der Waals surface area (Å²) in [6, 6.07) is 104. The van der Waals surface area contributed by atoms with E-state index < -0.39 is 5.41 Å². The van der Waals surface area contributed by atoms with Gasteiger partial charge in [-0.05, 0) is 156 Å². The van der Waals surface area contributed by atoms with Crippen LogP contribution in [0.4, 0.5) is 34.1 Å². The summed E-state index contributed by atoms with van der Waals surface area (Å²) in [7, 11) is 0. The third-order valence-corrected chi connectivity index (χ3v) is 17.8. The summed E-state index contributed by atoms with van der Waals surface area (Å²) in [4.78, 5) is 4.93. The van der Waals surface area contributed by atoms with Crippen LogP contribution in [0.1, 0.15) is 47.2 Å². The second-order valence-electron chi connectivity index (χ2n) is 21.2. The Bertz CT molecular complexity index is 4350. The lowest BCUT2D eigenvalue weighted by Crippen LogP contribution is -2.28. The molecule has 0 bridgehead atoms. The second-order valence-corrected chi connectivity index (χ2v) is 22.3. The molecule has 12 aromatic carbocycles. The molecule has 0 atom stereocenters. The standard InChI is InChI=1S/C74H52N2S/c1-73(2)68-45-50(36-39-63(68)66-40-35-49-21-15-16-30-60(49)72(66)73)51-43-58(75(54-26-11-5-12-27-54)55-28-13-6-14-29-55)46-59(44-51)76(57-38-42-65-64-32-18-20-34-70(64)77-71(65)48-57)56-37-41-62-61-31-17-19-33-67(61)74(69(62)47-56,52-22-7-3-8-23-52)53-24-9-4-10-25-53/h3-48H,1-2H3. The molecule has 0 spiro atoms. The van der Waals surface area contributed by atoms with E-state index in [0.29, 0.717) is 0 Å². The molecule has 0 aliphatic heterocycles. The Balaban J connectivity index is 1.01. The molecule has 0 unspecified atom stereocenters. The maximum atomic E-state index is 2.52. The Kier molecular flexibility index (Phi) is 10.4. The predicted octanol–water partition coefficient (Wildman–Crippen LogP) is 20.5. The van der Waals surface area contributed by atoms with Crippen LogP contribution in [0.15, 0.2) is 279 Å². The average molecular weight is 1000 g/mol. The van der Waals surface area contributed by atoms with Crippen LogP contribution in [0.5, 0.6) is 0 Å². The van der Waals surface area contributed by atoms with Crippen LogP contribution >= 0.6 is 11.3 Å². The Morgan fingerprint density at radius 2 is 0.818 bits per heavy atom. The van der Waals surface area contributed by atoms with Crippen molar-refractivity contribution in [3.63, 3.8) is 0 Å². The summed E-state index contributed by atoms with van der Waals surface area (Å²) >= 11 is 1.86. The van der Waals surface area contributed by atoms with Crippen molar-refractivity contribution in [1.29, 1.82) is 0 Å². The highest BCUT2D eigenvalue weighted by Crippen LogP contribution is 2.58. The summed E-state index contributed by atoms with van der Waals surface area (Å²) < 4.78 is 2.54. The lowest BCUT2D eigenvalue weighted by atomic mass is 9.67. The third kappa shape index (κ3) is 7.01. The fourth-order valence-corrected chi connectivity index (χ4v) is 14.4. The van der Waals surface area contributed by atoms with Crippen LogP contribution in [0.3, 0.4) is 0 Å². The van der Waals surface area contributed by atoms with E-state index >= 15 is 0 Å². The zero-order valence-corrected chi connectivity index (χ0v) is 43.7. The van der Waals surface area contributed by atoms with Gasteiger partial charge in [0.25, 0.3) is 0 Å². The van der Waals surface area contributed by atoms with E-state index in [1.807, 2.05) is 11.3 Å². The zero-order valence-electron chi connectivity index (χ0n) is 42.9. The first-order valence-electron chi connectivity index (χ1n) is 26.7. The Morgan fingerprint density at radius 3 is 1.53 bits per heavy atom. The highest BCUT2D eigenvalue weighted by Gasteiger charge is 2.46. The molecule has 364 valence electrons. The van der Waals surface area contributed by atoms with Gasteiger partial charge in [0.15, 0.2) is 0 Å². The molecule has 13 aromatic rings. The minimum absolute atomic E-state index is 0.222. The number of hydrogen-bond donors (Lipinski definition) is 0. The van der Waals surface area contributed by atoms with Crippen LogP contribution in [-0.2, 0) is 10.8 Å². The minimum atomic E-state index is -0.573. The van der Waals surface area contributed by atoms with E-state index in [2.05, 4.69) is 303 Å². The summed E-state index contributed by atoms with van der Waals surface area (Å²) in [6.07, 6.45) is 0. The van der Waals surface area contributed by atoms with Crippen molar-refractivity contribution in [1.82, 2.24) is 0 Å².